The molecule has 3 rings (SSSR count). The fraction of sp³-hybridized carbons (Fsp3) is 0.500. The second kappa shape index (κ2) is 13.5. The third-order valence-electron chi connectivity index (χ3n) is 7.61. The van der Waals surface area contributed by atoms with Crippen LogP contribution in [0.2, 0.25) is 0 Å². The van der Waals surface area contributed by atoms with Crippen molar-refractivity contribution in [2.75, 3.05) is 32.2 Å². The number of fused-ring (bicyclic) bond motifs is 1. The van der Waals surface area contributed by atoms with E-state index in [-0.39, 0.29) is 36.9 Å². The Labute approximate surface area is 224 Å². The summed E-state index contributed by atoms with van der Waals surface area (Å²) in [6.45, 7) is -0.636. The van der Waals surface area contributed by atoms with Gasteiger partial charge in [0, 0.05) is 38.7 Å². The van der Waals surface area contributed by atoms with Crippen LogP contribution < -0.4 is 10.6 Å². The van der Waals surface area contributed by atoms with Gasteiger partial charge in [-0.2, -0.15) is 0 Å². The predicted molar refractivity (Wildman–Crippen MR) is 146 cm³/mol. The summed E-state index contributed by atoms with van der Waals surface area (Å²) in [5.74, 6) is -2.67. The number of aryl methyl sites for hydroxylation is 2. The number of aliphatic hydroxyl groups is 2. The van der Waals surface area contributed by atoms with Crippen LogP contribution in [0.5, 0.6) is 5.75 Å². The minimum Gasteiger partial charge on any atom is -0.507 e. The van der Waals surface area contributed by atoms with Crippen LogP contribution in [0.3, 0.4) is 0 Å². The lowest BCUT2D eigenvalue weighted by atomic mass is 9.73. The second-order valence-electron chi connectivity index (χ2n) is 10.6. The number of aromatic hydroxyl groups is 1. The molecule has 3 unspecified atom stereocenters. The van der Waals surface area contributed by atoms with Crippen LogP contribution in [0.15, 0.2) is 36.4 Å². The smallest absolute Gasteiger partial charge is 0.224 e. The predicted octanol–water partition coefficient (Wildman–Crippen LogP) is 2.82. The standard InChI is InChI=1S/C30H40N2O6/c1-32(2)25-16-22(10-6-9-19-7-4-3-5-8-19)30(38)29-23(25)14-20(15-27(29)36)13-21(11-12-33)24(18-34)26(35)17-28(31)37/h3-5,7-8,16,20-21,24,33-34,38H,6,9-15,17-18H2,1-2H3,(H2,31,37). The van der Waals surface area contributed by atoms with E-state index in [9.17, 15) is 29.7 Å². The summed E-state index contributed by atoms with van der Waals surface area (Å²) >= 11 is 0. The molecule has 206 valence electrons. The number of amides is 1. The van der Waals surface area contributed by atoms with Crippen LogP contribution in [-0.4, -0.2) is 60.1 Å². The summed E-state index contributed by atoms with van der Waals surface area (Å²) in [7, 11) is 3.82. The zero-order chi connectivity index (χ0) is 27.8. The van der Waals surface area contributed by atoms with E-state index >= 15 is 0 Å². The van der Waals surface area contributed by atoms with E-state index in [0.29, 0.717) is 24.8 Å². The molecule has 1 aliphatic rings. The van der Waals surface area contributed by atoms with Crippen molar-refractivity contribution in [1.82, 2.24) is 0 Å². The van der Waals surface area contributed by atoms with Gasteiger partial charge in [-0.25, -0.2) is 0 Å². The molecule has 0 saturated heterocycles. The average Bonchev–Trinajstić information content (AvgIpc) is 2.85. The number of primary amides is 1. The molecule has 5 N–H and O–H groups in total. The topological polar surface area (TPSA) is 141 Å². The first-order valence-corrected chi connectivity index (χ1v) is 13.3. The molecule has 2 aromatic carbocycles. The first-order chi connectivity index (χ1) is 18.2. The molecule has 0 radical (unpaired) electrons. The highest BCUT2D eigenvalue weighted by Gasteiger charge is 2.36. The molecule has 1 aliphatic carbocycles. The number of aliphatic hydroxyl groups excluding tert-OH is 2. The maximum atomic E-state index is 13.4. The van der Waals surface area contributed by atoms with Gasteiger partial charge in [0.25, 0.3) is 0 Å². The maximum Gasteiger partial charge on any atom is 0.224 e. The Morgan fingerprint density at radius 1 is 1.11 bits per heavy atom. The van der Waals surface area contributed by atoms with Gasteiger partial charge in [0.05, 0.1) is 18.6 Å². The molecule has 0 saturated carbocycles. The number of nitrogens with two attached hydrogens (primary N) is 1. The van der Waals surface area contributed by atoms with Crippen LogP contribution in [0.25, 0.3) is 0 Å². The minimum absolute atomic E-state index is 0.0545. The van der Waals surface area contributed by atoms with Crippen molar-refractivity contribution < 1.29 is 29.7 Å². The number of benzene rings is 2. The number of rotatable bonds is 14. The largest absolute Gasteiger partial charge is 0.507 e. The molecule has 1 amide bonds. The van der Waals surface area contributed by atoms with E-state index in [1.165, 1.54) is 5.56 Å². The minimum atomic E-state index is -0.833. The summed E-state index contributed by atoms with van der Waals surface area (Å²) in [6.07, 6.45) is 3.30. The van der Waals surface area contributed by atoms with Crippen molar-refractivity contribution in [2.24, 2.45) is 23.5 Å². The van der Waals surface area contributed by atoms with Crippen LogP contribution >= 0.6 is 0 Å². The van der Waals surface area contributed by atoms with E-state index in [1.54, 1.807) is 0 Å². The number of carbonyl (C=O) groups excluding carboxylic acids is 3. The number of carbonyl (C=O) groups is 3. The van der Waals surface area contributed by atoms with Gasteiger partial charge < -0.3 is 26.0 Å². The monoisotopic (exact) mass is 524 g/mol. The number of hydrogen-bond acceptors (Lipinski definition) is 7. The molecular weight excluding hydrogens is 484 g/mol. The zero-order valence-electron chi connectivity index (χ0n) is 22.4. The Hall–Kier alpha value is -3.23. The van der Waals surface area contributed by atoms with Crippen molar-refractivity contribution in [1.29, 1.82) is 0 Å². The fourth-order valence-electron chi connectivity index (χ4n) is 5.76. The number of ketones is 2. The van der Waals surface area contributed by atoms with E-state index in [1.807, 2.05) is 43.3 Å². The molecule has 2 aromatic rings. The lowest BCUT2D eigenvalue weighted by Gasteiger charge is -2.33. The summed E-state index contributed by atoms with van der Waals surface area (Å²) in [6, 6.07) is 12.1. The Bertz CT molecular complexity index is 1130. The number of nitrogens with zero attached hydrogens (tertiary/aromatic N) is 1. The SMILES string of the molecule is CN(C)c1cc(CCCc2ccccc2)c(O)c2c1CC(CC(CCO)C(CO)C(=O)CC(N)=O)CC2=O. The van der Waals surface area contributed by atoms with Gasteiger partial charge in [0.1, 0.15) is 11.5 Å². The van der Waals surface area contributed by atoms with Crippen LogP contribution in [-0.2, 0) is 28.9 Å². The first-order valence-electron chi connectivity index (χ1n) is 13.3. The first kappa shape index (κ1) is 29.3. The second-order valence-corrected chi connectivity index (χ2v) is 10.6. The van der Waals surface area contributed by atoms with E-state index in [4.69, 9.17) is 5.73 Å². The Balaban J connectivity index is 1.83. The molecule has 3 atom stereocenters. The van der Waals surface area contributed by atoms with E-state index in [2.05, 4.69) is 12.1 Å². The summed E-state index contributed by atoms with van der Waals surface area (Å²) < 4.78 is 0. The van der Waals surface area contributed by atoms with Gasteiger partial charge in [-0.15, -0.1) is 0 Å². The van der Waals surface area contributed by atoms with E-state index in [0.717, 1.165) is 29.7 Å². The molecule has 0 spiro atoms. The maximum absolute atomic E-state index is 13.4. The lowest BCUT2D eigenvalue weighted by Crippen LogP contribution is -2.34. The highest BCUT2D eigenvalue weighted by molar-refractivity contribution is 6.03. The molecule has 0 aromatic heterocycles. The molecule has 8 heteroatoms. The molecule has 0 bridgehead atoms. The Morgan fingerprint density at radius 3 is 2.42 bits per heavy atom. The Morgan fingerprint density at radius 2 is 1.82 bits per heavy atom. The average molecular weight is 525 g/mol. The van der Waals surface area contributed by atoms with Gasteiger partial charge in [-0.05, 0) is 73.1 Å². The van der Waals surface area contributed by atoms with Gasteiger partial charge >= 0.3 is 0 Å². The summed E-state index contributed by atoms with van der Waals surface area (Å²) in [5, 5.41) is 30.7. The molecule has 38 heavy (non-hydrogen) atoms. The quantitative estimate of drug-likeness (QED) is 0.279. The highest BCUT2D eigenvalue weighted by Crippen LogP contribution is 2.42. The Kier molecular flexibility index (Phi) is 10.4. The van der Waals surface area contributed by atoms with Crippen molar-refractivity contribution in [2.45, 2.75) is 51.4 Å². The molecule has 0 fully saturated rings. The summed E-state index contributed by atoms with van der Waals surface area (Å²) in [5.41, 5.74) is 9.21. The third kappa shape index (κ3) is 7.20. The van der Waals surface area contributed by atoms with Crippen molar-refractivity contribution in [3.8, 4) is 5.75 Å². The fourth-order valence-corrected chi connectivity index (χ4v) is 5.76. The number of hydrogen-bond donors (Lipinski definition) is 4. The molecule has 0 heterocycles. The van der Waals surface area contributed by atoms with E-state index < -0.39 is 36.6 Å². The van der Waals surface area contributed by atoms with Gasteiger partial charge in [0.15, 0.2) is 5.78 Å². The van der Waals surface area contributed by atoms with Crippen molar-refractivity contribution in [3.05, 3.63) is 58.7 Å². The van der Waals surface area contributed by atoms with Gasteiger partial charge in [0.2, 0.25) is 5.91 Å². The third-order valence-corrected chi connectivity index (χ3v) is 7.61. The lowest BCUT2D eigenvalue weighted by molar-refractivity contribution is -0.131. The normalized spacial score (nSPS) is 16.5. The van der Waals surface area contributed by atoms with Gasteiger partial charge in [-0.3, -0.25) is 14.4 Å². The summed E-state index contributed by atoms with van der Waals surface area (Å²) in [4.78, 5) is 39.2. The zero-order valence-corrected chi connectivity index (χ0v) is 22.4. The highest BCUT2D eigenvalue weighted by atomic mass is 16.3. The molecular formula is C30H40N2O6. The van der Waals surface area contributed by atoms with Crippen LogP contribution in [0.4, 0.5) is 5.69 Å². The number of anilines is 1. The molecule has 0 aliphatic heterocycles. The van der Waals surface area contributed by atoms with Crippen molar-refractivity contribution >= 4 is 23.2 Å². The van der Waals surface area contributed by atoms with Crippen molar-refractivity contribution in [3.63, 3.8) is 0 Å². The number of Topliss-reactive ketones (excluding diaryl/α,β-unsaturated/α-hetero) is 2. The van der Waals surface area contributed by atoms with Crippen LogP contribution in [0, 0.1) is 17.8 Å². The molecule has 8 nitrogen and oxygen atoms in total. The number of phenolic OH excluding ortho intramolecular Hbond substituents is 1. The number of phenols is 1. The van der Waals surface area contributed by atoms with Crippen LogP contribution in [0.1, 0.15) is 59.2 Å². The van der Waals surface area contributed by atoms with Gasteiger partial charge in [-0.1, -0.05) is 30.3 Å².